The lowest BCUT2D eigenvalue weighted by molar-refractivity contribution is -0.0477. The summed E-state index contributed by atoms with van der Waals surface area (Å²) in [5.41, 5.74) is 0. The molecule has 1 aliphatic heterocycles. The van der Waals surface area contributed by atoms with Gasteiger partial charge in [0.05, 0.1) is 25.1 Å². The molecule has 0 aliphatic carbocycles. The van der Waals surface area contributed by atoms with Gasteiger partial charge in [0.15, 0.2) is 0 Å². The quantitative estimate of drug-likeness (QED) is 0.830. The summed E-state index contributed by atoms with van der Waals surface area (Å²) in [5, 5.41) is 3.29. The van der Waals surface area contributed by atoms with Gasteiger partial charge in [0.25, 0.3) is 0 Å². The van der Waals surface area contributed by atoms with E-state index < -0.39 is 0 Å². The average Bonchev–Trinajstić information content (AvgIpc) is 2.37. The SMILES string of the molecule is CCOc1cncc(OCC2CNCC(C)O2)n1. The van der Waals surface area contributed by atoms with E-state index in [0.717, 1.165) is 13.1 Å². The molecule has 18 heavy (non-hydrogen) atoms. The normalized spacial score (nSPS) is 23.7. The van der Waals surface area contributed by atoms with E-state index in [1.54, 1.807) is 12.4 Å². The van der Waals surface area contributed by atoms with Gasteiger partial charge in [0.1, 0.15) is 12.7 Å². The number of nitrogens with zero attached hydrogens (tertiary/aromatic N) is 2. The fraction of sp³-hybridized carbons (Fsp3) is 0.667. The molecule has 0 radical (unpaired) electrons. The van der Waals surface area contributed by atoms with Gasteiger partial charge in [-0.15, -0.1) is 0 Å². The first-order valence-corrected chi connectivity index (χ1v) is 6.21. The van der Waals surface area contributed by atoms with E-state index in [1.165, 1.54) is 0 Å². The molecular formula is C12H19N3O3. The number of hydrogen-bond acceptors (Lipinski definition) is 6. The van der Waals surface area contributed by atoms with Crippen molar-refractivity contribution in [2.75, 3.05) is 26.3 Å². The number of nitrogens with one attached hydrogen (secondary N) is 1. The summed E-state index contributed by atoms with van der Waals surface area (Å²) in [6, 6.07) is 0. The van der Waals surface area contributed by atoms with E-state index in [0.29, 0.717) is 25.0 Å². The number of hydrogen-bond donors (Lipinski definition) is 1. The third-order valence-corrected chi connectivity index (χ3v) is 2.53. The minimum atomic E-state index is 0.0475. The largest absolute Gasteiger partial charge is 0.477 e. The number of rotatable bonds is 5. The molecule has 1 aromatic rings. The summed E-state index contributed by atoms with van der Waals surface area (Å²) >= 11 is 0. The molecule has 0 amide bonds. The first-order valence-electron chi connectivity index (χ1n) is 6.21. The summed E-state index contributed by atoms with van der Waals surface area (Å²) in [5.74, 6) is 0.939. The zero-order valence-corrected chi connectivity index (χ0v) is 10.8. The van der Waals surface area contributed by atoms with E-state index in [1.807, 2.05) is 13.8 Å². The van der Waals surface area contributed by atoms with Gasteiger partial charge < -0.3 is 19.5 Å². The monoisotopic (exact) mass is 253 g/mol. The van der Waals surface area contributed by atoms with E-state index in [9.17, 15) is 0 Å². The molecular weight excluding hydrogens is 234 g/mol. The van der Waals surface area contributed by atoms with Crippen molar-refractivity contribution in [1.82, 2.24) is 15.3 Å². The number of morpholine rings is 1. The maximum absolute atomic E-state index is 5.72. The van der Waals surface area contributed by atoms with Crippen LogP contribution in [0, 0.1) is 0 Å². The Morgan fingerprint density at radius 3 is 2.83 bits per heavy atom. The molecule has 6 nitrogen and oxygen atoms in total. The summed E-state index contributed by atoms with van der Waals surface area (Å²) < 4.78 is 16.5. The Balaban J connectivity index is 1.83. The van der Waals surface area contributed by atoms with Crippen LogP contribution < -0.4 is 14.8 Å². The second-order valence-electron chi connectivity index (χ2n) is 4.17. The Morgan fingerprint density at radius 1 is 1.33 bits per heavy atom. The molecule has 1 aromatic heterocycles. The lowest BCUT2D eigenvalue weighted by Crippen LogP contribution is -2.45. The Bertz CT molecular complexity index is 375. The predicted octanol–water partition coefficient (Wildman–Crippen LogP) is 0.631. The van der Waals surface area contributed by atoms with Crippen LogP contribution >= 0.6 is 0 Å². The van der Waals surface area contributed by atoms with Crippen LogP contribution in [-0.2, 0) is 4.74 Å². The van der Waals surface area contributed by atoms with Crippen molar-refractivity contribution in [2.24, 2.45) is 0 Å². The van der Waals surface area contributed by atoms with Crippen LogP contribution in [0.1, 0.15) is 13.8 Å². The molecule has 0 saturated carbocycles. The highest BCUT2D eigenvalue weighted by Gasteiger charge is 2.19. The van der Waals surface area contributed by atoms with Crippen molar-refractivity contribution >= 4 is 0 Å². The smallest absolute Gasteiger partial charge is 0.235 e. The fourth-order valence-corrected chi connectivity index (χ4v) is 1.77. The lowest BCUT2D eigenvalue weighted by atomic mass is 10.2. The molecule has 1 aliphatic rings. The maximum Gasteiger partial charge on any atom is 0.235 e. The van der Waals surface area contributed by atoms with Crippen LogP contribution in [0.4, 0.5) is 0 Å². The Kier molecular flexibility index (Phi) is 4.72. The molecule has 6 heteroatoms. The minimum Gasteiger partial charge on any atom is -0.477 e. The Labute approximate surface area is 107 Å². The van der Waals surface area contributed by atoms with Crippen molar-refractivity contribution < 1.29 is 14.2 Å². The van der Waals surface area contributed by atoms with Crippen LogP contribution in [0.3, 0.4) is 0 Å². The Hall–Kier alpha value is -1.40. The zero-order valence-electron chi connectivity index (χ0n) is 10.8. The van der Waals surface area contributed by atoms with E-state index in [4.69, 9.17) is 14.2 Å². The Morgan fingerprint density at radius 2 is 2.11 bits per heavy atom. The molecule has 2 unspecified atom stereocenters. The molecule has 0 spiro atoms. The molecule has 1 N–H and O–H groups in total. The topological polar surface area (TPSA) is 65.5 Å². The van der Waals surface area contributed by atoms with Gasteiger partial charge in [-0.25, -0.2) is 0 Å². The summed E-state index contributed by atoms with van der Waals surface area (Å²) in [6.07, 6.45) is 3.40. The highest BCUT2D eigenvalue weighted by molar-refractivity contribution is 5.12. The molecule has 0 bridgehead atoms. The fourth-order valence-electron chi connectivity index (χ4n) is 1.77. The van der Waals surface area contributed by atoms with Gasteiger partial charge >= 0.3 is 0 Å². The van der Waals surface area contributed by atoms with Gasteiger partial charge in [-0.1, -0.05) is 0 Å². The average molecular weight is 253 g/mol. The first kappa shape index (κ1) is 13.0. The van der Waals surface area contributed by atoms with E-state index >= 15 is 0 Å². The summed E-state index contributed by atoms with van der Waals surface area (Å²) in [7, 11) is 0. The highest BCUT2D eigenvalue weighted by atomic mass is 16.5. The van der Waals surface area contributed by atoms with Gasteiger partial charge in [-0.2, -0.15) is 4.98 Å². The third-order valence-electron chi connectivity index (χ3n) is 2.53. The standard InChI is InChI=1S/C12H19N3O3/c1-3-16-11-6-14-7-12(15-11)17-8-10-5-13-4-9(2)18-10/h6-7,9-10,13H,3-5,8H2,1-2H3. The molecule has 1 fully saturated rings. The number of aromatic nitrogens is 2. The molecule has 2 rings (SSSR count). The number of ether oxygens (including phenoxy) is 3. The van der Waals surface area contributed by atoms with Gasteiger partial charge in [-0.05, 0) is 13.8 Å². The second-order valence-corrected chi connectivity index (χ2v) is 4.17. The van der Waals surface area contributed by atoms with Gasteiger partial charge in [-0.3, -0.25) is 4.98 Å². The highest BCUT2D eigenvalue weighted by Crippen LogP contribution is 2.12. The molecule has 0 aromatic carbocycles. The van der Waals surface area contributed by atoms with E-state index in [-0.39, 0.29) is 12.2 Å². The van der Waals surface area contributed by atoms with E-state index in [2.05, 4.69) is 15.3 Å². The third kappa shape index (κ3) is 3.82. The maximum atomic E-state index is 5.72. The van der Waals surface area contributed by atoms with Crippen molar-refractivity contribution in [3.05, 3.63) is 12.4 Å². The van der Waals surface area contributed by atoms with Crippen molar-refractivity contribution in [2.45, 2.75) is 26.1 Å². The van der Waals surface area contributed by atoms with Crippen molar-refractivity contribution in [1.29, 1.82) is 0 Å². The lowest BCUT2D eigenvalue weighted by Gasteiger charge is -2.28. The second kappa shape index (κ2) is 6.51. The molecule has 100 valence electrons. The van der Waals surface area contributed by atoms with Crippen LogP contribution in [0.15, 0.2) is 12.4 Å². The minimum absolute atomic E-state index is 0.0475. The molecule has 1 saturated heterocycles. The van der Waals surface area contributed by atoms with Crippen LogP contribution in [0.2, 0.25) is 0 Å². The first-order chi connectivity index (χ1) is 8.78. The predicted molar refractivity (Wildman–Crippen MR) is 65.9 cm³/mol. The van der Waals surface area contributed by atoms with Gasteiger partial charge in [0, 0.05) is 13.1 Å². The molecule has 2 atom stereocenters. The van der Waals surface area contributed by atoms with Gasteiger partial charge in [0.2, 0.25) is 11.8 Å². The zero-order chi connectivity index (χ0) is 12.8. The molecule has 2 heterocycles. The summed E-state index contributed by atoms with van der Waals surface area (Å²) in [4.78, 5) is 8.20. The van der Waals surface area contributed by atoms with Crippen LogP contribution in [0.5, 0.6) is 11.8 Å². The van der Waals surface area contributed by atoms with Crippen LogP contribution in [-0.4, -0.2) is 48.5 Å². The van der Waals surface area contributed by atoms with Crippen molar-refractivity contribution in [3.63, 3.8) is 0 Å². The van der Waals surface area contributed by atoms with Crippen LogP contribution in [0.25, 0.3) is 0 Å². The summed E-state index contributed by atoms with van der Waals surface area (Å²) in [6.45, 7) is 6.64. The van der Waals surface area contributed by atoms with Crippen molar-refractivity contribution in [3.8, 4) is 11.8 Å².